The molecular weight excluding hydrogens is 245 g/mol. The average Bonchev–Trinajstić information content (AvgIpc) is 2.40. The predicted molar refractivity (Wildman–Crippen MR) is 73.8 cm³/mol. The van der Waals surface area contributed by atoms with Gasteiger partial charge in [-0.1, -0.05) is 0 Å². The number of benzene rings is 1. The Bertz CT molecular complexity index is 462. The maximum absolute atomic E-state index is 14.1. The summed E-state index contributed by atoms with van der Waals surface area (Å²) in [7, 11) is 1.90. The van der Waals surface area contributed by atoms with E-state index in [2.05, 4.69) is 10.2 Å². The third-order valence-corrected chi connectivity index (χ3v) is 3.61. The van der Waals surface area contributed by atoms with Gasteiger partial charge < -0.3 is 16.0 Å². The Kier molecular flexibility index (Phi) is 4.37. The van der Waals surface area contributed by atoms with Gasteiger partial charge >= 0.3 is 0 Å². The molecule has 1 amide bonds. The van der Waals surface area contributed by atoms with Crippen molar-refractivity contribution in [1.82, 2.24) is 5.32 Å². The number of halogens is 1. The molecule has 1 aliphatic heterocycles. The molecule has 0 bridgehead atoms. The van der Waals surface area contributed by atoms with E-state index in [1.807, 2.05) is 7.05 Å². The summed E-state index contributed by atoms with van der Waals surface area (Å²) < 4.78 is 14.1. The van der Waals surface area contributed by atoms with Gasteiger partial charge in [0.25, 0.3) is 0 Å². The standard InChI is InChI=1S/C14H20FN3O/c1-17-9-11-4-2-3-7-18(11)13-6-5-10(14(16)19)8-12(13)15/h5-6,8,11,17H,2-4,7,9H2,1H3,(H2,16,19). The molecule has 104 valence electrons. The summed E-state index contributed by atoms with van der Waals surface area (Å²) in [6, 6.07) is 4.77. The van der Waals surface area contributed by atoms with E-state index in [9.17, 15) is 9.18 Å². The number of likely N-dealkylation sites (N-methyl/N-ethyl adjacent to an activating group) is 1. The van der Waals surface area contributed by atoms with Gasteiger partial charge in [-0.25, -0.2) is 4.39 Å². The molecule has 1 aromatic carbocycles. The van der Waals surface area contributed by atoms with Crippen molar-refractivity contribution >= 4 is 11.6 Å². The van der Waals surface area contributed by atoms with Crippen LogP contribution in [0.5, 0.6) is 0 Å². The highest BCUT2D eigenvalue weighted by molar-refractivity contribution is 5.93. The molecule has 3 N–H and O–H groups in total. The van der Waals surface area contributed by atoms with Crippen LogP contribution in [-0.2, 0) is 0 Å². The minimum absolute atomic E-state index is 0.212. The van der Waals surface area contributed by atoms with E-state index in [4.69, 9.17) is 5.73 Å². The maximum Gasteiger partial charge on any atom is 0.248 e. The SMILES string of the molecule is CNCC1CCCCN1c1ccc(C(N)=O)cc1F. The fourth-order valence-electron chi connectivity index (χ4n) is 2.66. The lowest BCUT2D eigenvalue weighted by atomic mass is 10.0. The van der Waals surface area contributed by atoms with Gasteiger partial charge in [0.15, 0.2) is 0 Å². The number of amides is 1. The molecule has 0 aromatic heterocycles. The first-order valence-corrected chi connectivity index (χ1v) is 6.64. The number of rotatable bonds is 4. The topological polar surface area (TPSA) is 58.4 Å². The third kappa shape index (κ3) is 3.04. The molecule has 1 aliphatic rings. The highest BCUT2D eigenvalue weighted by Crippen LogP contribution is 2.27. The number of hydrogen-bond donors (Lipinski definition) is 2. The second kappa shape index (κ2) is 6.02. The van der Waals surface area contributed by atoms with Crippen molar-refractivity contribution in [3.8, 4) is 0 Å². The molecule has 1 saturated heterocycles. The van der Waals surface area contributed by atoms with Crippen LogP contribution in [0.2, 0.25) is 0 Å². The van der Waals surface area contributed by atoms with Crippen molar-refractivity contribution in [3.05, 3.63) is 29.6 Å². The maximum atomic E-state index is 14.1. The van der Waals surface area contributed by atoms with Crippen LogP contribution in [0.1, 0.15) is 29.6 Å². The minimum Gasteiger partial charge on any atom is -0.366 e. The highest BCUT2D eigenvalue weighted by Gasteiger charge is 2.24. The zero-order valence-corrected chi connectivity index (χ0v) is 11.2. The molecule has 0 radical (unpaired) electrons. The Balaban J connectivity index is 2.26. The summed E-state index contributed by atoms with van der Waals surface area (Å²) in [6.07, 6.45) is 3.29. The van der Waals surface area contributed by atoms with E-state index in [1.54, 1.807) is 12.1 Å². The Morgan fingerprint density at radius 2 is 2.32 bits per heavy atom. The van der Waals surface area contributed by atoms with E-state index in [0.717, 1.165) is 25.9 Å². The monoisotopic (exact) mass is 265 g/mol. The fourth-order valence-corrected chi connectivity index (χ4v) is 2.66. The lowest BCUT2D eigenvalue weighted by Crippen LogP contribution is -2.45. The van der Waals surface area contributed by atoms with Crippen molar-refractivity contribution in [2.75, 3.05) is 25.0 Å². The van der Waals surface area contributed by atoms with E-state index < -0.39 is 5.91 Å². The summed E-state index contributed by atoms with van der Waals surface area (Å²) in [6.45, 7) is 1.68. The molecule has 0 aliphatic carbocycles. The summed E-state index contributed by atoms with van der Waals surface area (Å²) in [5.41, 5.74) is 5.93. The number of primary amides is 1. The number of piperidine rings is 1. The van der Waals surface area contributed by atoms with E-state index in [1.165, 1.54) is 12.5 Å². The Hall–Kier alpha value is -1.62. The van der Waals surface area contributed by atoms with Crippen LogP contribution in [0.3, 0.4) is 0 Å². The van der Waals surface area contributed by atoms with Gasteiger partial charge in [0, 0.05) is 24.7 Å². The van der Waals surface area contributed by atoms with Crippen molar-refractivity contribution in [3.63, 3.8) is 0 Å². The molecule has 0 spiro atoms. The van der Waals surface area contributed by atoms with Crippen molar-refractivity contribution in [2.24, 2.45) is 5.73 Å². The number of carbonyl (C=O) groups is 1. The lowest BCUT2D eigenvalue weighted by molar-refractivity contribution is 0.1000. The average molecular weight is 265 g/mol. The summed E-state index contributed by atoms with van der Waals surface area (Å²) >= 11 is 0. The van der Waals surface area contributed by atoms with Crippen molar-refractivity contribution in [1.29, 1.82) is 0 Å². The smallest absolute Gasteiger partial charge is 0.248 e. The first kappa shape index (κ1) is 13.8. The van der Waals surface area contributed by atoms with Crippen LogP contribution in [0.4, 0.5) is 10.1 Å². The van der Waals surface area contributed by atoms with Gasteiger partial charge in [-0.15, -0.1) is 0 Å². The molecule has 1 fully saturated rings. The molecule has 1 unspecified atom stereocenters. The number of carbonyl (C=O) groups excluding carboxylic acids is 1. The number of nitrogens with one attached hydrogen (secondary N) is 1. The lowest BCUT2D eigenvalue weighted by Gasteiger charge is -2.37. The first-order chi connectivity index (χ1) is 9.13. The van der Waals surface area contributed by atoms with Gasteiger partial charge in [-0.2, -0.15) is 0 Å². The predicted octanol–water partition coefficient (Wildman–Crippen LogP) is 1.50. The van der Waals surface area contributed by atoms with Gasteiger partial charge in [0.2, 0.25) is 5.91 Å². The van der Waals surface area contributed by atoms with Crippen LogP contribution >= 0.6 is 0 Å². The van der Waals surface area contributed by atoms with Crippen LogP contribution < -0.4 is 16.0 Å². The Morgan fingerprint density at radius 3 is 2.95 bits per heavy atom. The molecule has 5 heteroatoms. The normalized spacial score (nSPS) is 19.5. The second-order valence-corrected chi connectivity index (χ2v) is 4.93. The van der Waals surface area contributed by atoms with E-state index >= 15 is 0 Å². The van der Waals surface area contributed by atoms with Crippen molar-refractivity contribution in [2.45, 2.75) is 25.3 Å². The van der Waals surface area contributed by atoms with Crippen LogP contribution in [0, 0.1) is 5.82 Å². The minimum atomic E-state index is -0.601. The zero-order valence-electron chi connectivity index (χ0n) is 11.2. The van der Waals surface area contributed by atoms with Crippen LogP contribution in [0.25, 0.3) is 0 Å². The van der Waals surface area contributed by atoms with Crippen LogP contribution in [-0.4, -0.2) is 32.1 Å². The van der Waals surface area contributed by atoms with Gasteiger partial charge in [-0.05, 0) is 44.5 Å². The fraction of sp³-hybridized carbons (Fsp3) is 0.500. The van der Waals surface area contributed by atoms with E-state index in [0.29, 0.717) is 11.7 Å². The highest BCUT2D eigenvalue weighted by atomic mass is 19.1. The molecule has 1 aromatic rings. The molecule has 1 heterocycles. The van der Waals surface area contributed by atoms with Crippen molar-refractivity contribution < 1.29 is 9.18 Å². The molecule has 4 nitrogen and oxygen atoms in total. The molecular formula is C14H20FN3O. The van der Waals surface area contributed by atoms with Gasteiger partial charge in [0.05, 0.1) is 5.69 Å². The number of anilines is 1. The van der Waals surface area contributed by atoms with Gasteiger partial charge in [0.1, 0.15) is 5.82 Å². The molecule has 2 rings (SSSR count). The zero-order chi connectivity index (χ0) is 13.8. The van der Waals surface area contributed by atoms with Gasteiger partial charge in [-0.3, -0.25) is 4.79 Å². The largest absolute Gasteiger partial charge is 0.366 e. The number of nitrogens with two attached hydrogens (primary N) is 1. The summed E-state index contributed by atoms with van der Waals surface area (Å²) in [5, 5.41) is 3.15. The Labute approximate surface area is 112 Å². The first-order valence-electron chi connectivity index (χ1n) is 6.64. The number of nitrogens with zero attached hydrogens (tertiary/aromatic N) is 1. The summed E-state index contributed by atoms with van der Waals surface area (Å²) in [4.78, 5) is 13.1. The Morgan fingerprint density at radius 1 is 1.53 bits per heavy atom. The second-order valence-electron chi connectivity index (χ2n) is 4.93. The quantitative estimate of drug-likeness (QED) is 0.867. The summed E-state index contributed by atoms with van der Waals surface area (Å²) in [5.74, 6) is -0.977. The van der Waals surface area contributed by atoms with E-state index in [-0.39, 0.29) is 11.4 Å². The molecule has 0 saturated carbocycles. The van der Waals surface area contributed by atoms with Crippen LogP contribution in [0.15, 0.2) is 18.2 Å². The molecule has 19 heavy (non-hydrogen) atoms. The molecule has 1 atom stereocenters. The number of hydrogen-bond acceptors (Lipinski definition) is 3. The third-order valence-electron chi connectivity index (χ3n) is 3.61.